The van der Waals surface area contributed by atoms with Gasteiger partial charge in [0.15, 0.2) is 11.5 Å². The van der Waals surface area contributed by atoms with Gasteiger partial charge < -0.3 is 30.1 Å². The minimum absolute atomic E-state index is 0.0424. The molecule has 0 saturated heterocycles. The van der Waals surface area contributed by atoms with Crippen LogP contribution in [0.25, 0.3) is 21.9 Å². The van der Waals surface area contributed by atoms with Crippen molar-refractivity contribution < 1.29 is 29.6 Å². The highest BCUT2D eigenvalue weighted by Crippen LogP contribution is 2.46. The number of carbonyl (C=O) groups is 1. The third-order valence-corrected chi connectivity index (χ3v) is 12.6. The fourth-order valence-electron chi connectivity index (χ4n) is 7.67. The molecule has 1 fully saturated rings. The molecule has 0 radical (unpaired) electrons. The molecule has 1 aliphatic carbocycles. The summed E-state index contributed by atoms with van der Waals surface area (Å²) in [5.74, 6) is 2.59. The number of carbonyl (C=O) groups excluding carboxylic acids is 1. The second kappa shape index (κ2) is 18.6. The number of phenolic OH excluding ortho intramolecular Hbond substituents is 3. The van der Waals surface area contributed by atoms with Gasteiger partial charge in [-0.1, -0.05) is 77.6 Å². The van der Waals surface area contributed by atoms with E-state index < -0.39 is 6.23 Å². The van der Waals surface area contributed by atoms with Gasteiger partial charge in [-0.15, -0.1) is 0 Å². The van der Waals surface area contributed by atoms with Gasteiger partial charge in [-0.25, -0.2) is 0 Å². The Kier molecular flexibility index (Phi) is 13.7. The van der Waals surface area contributed by atoms with Crippen LogP contribution in [0.2, 0.25) is 0 Å². The molecule has 4 aromatic rings. The number of ketones is 1. The Morgan fingerprint density at radius 2 is 1.67 bits per heavy atom. The van der Waals surface area contributed by atoms with E-state index in [4.69, 9.17) is 9.47 Å². The molecule has 2 aliphatic rings. The predicted octanol–water partition coefficient (Wildman–Crippen LogP) is 9.31. The normalized spacial score (nSPS) is 18.8. The number of methoxy groups -OCH3 is 1. The molecule has 1 saturated carbocycles. The number of nitrogens with one attached hydrogen (secondary N) is 2. The van der Waals surface area contributed by atoms with Crippen LogP contribution in [0.1, 0.15) is 92.7 Å². The molecule has 0 amide bonds. The lowest BCUT2D eigenvalue weighted by Crippen LogP contribution is -2.38. The Hall–Kier alpha value is -3.41. The molecule has 4 aromatic carbocycles. The van der Waals surface area contributed by atoms with Gasteiger partial charge in [-0.2, -0.15) is 0 Å². The van der Waals surface area contributed by atoms with Gasteiger partial charge in [0.05, 0.1) is 13.2 Å². The van der Waals surface area contributed by atoms with Gasteiger partial charge >= 0.3 is 0 Å². The molecule has 1 aliphatic heterocycles. The minimum atomic E-state index is -0.446. The lowest BCUT2D eigenvalue weighted by molar-refractivity contribution is -0.124. The summed E-state index contributed by atoms with van der Waals surface area (Å²) in [5.41, 5.74) is 5.53. The molecule has 2 atom stereocenters. The van der Waals surface area contributed by atoms with Gasteiger partial charge in [0.2, 0.25) is 0 Å². The molecule has 0 aromatic heterocycles. The molecule has 1 heterocycles. The van der Waals surface area contributed by atoms with Crippen LogP contribution in [0.3, 0.4) is 0 Å². The van der Waals surface area contributed by atoms with Crippen molar-refractivity contribution in [3.05, 3.63) is 82.9 Å². The lowest BCUT2D eigenvalue weighted by atomic mass is 9.89. The fourth-order valence-corrected chi connectivity index (χ4v) is 9.93. The van der Waals surface area contributed by atoms with Crippen LogP contribution in [0.4, 0.5) is 0 Å². The van der Waals surface area contributed by atoms with E-state index >= 15 is 0 Å². The van der Waals surface area contributed by atoms with Crippen LogP contribution in [-0.4, -0.2) is 53.2 Å². The van der Waals surface area contributed by atoms with Crippen LogP contribution in [-0.2, 0) is 28.2 Å². The van der Waals surface area contributed by atoms with E-state index in [1.165, 1.54) is 19.3 Å². The van der Waals surface area contributed by atoms with Crippen molar-refractivity contribution in [2.75, 3.05) is 19.9 Å². The SMILES string of the molecule is CNCc1cc(O)cc(C(NC2CCCCC2)OC2CCCCSSCc3c(ccc4ccc(O)cc34)-c3c(ccc(O)c3OC)CCC(=O)C2)c1. The molecule has 6 rings (SSSR count). The quantitative estimate of drug-likeness (QED) is 0.0882. The van der Waals surface area contributed by atoms with Crippen LogP contribution in [0, 0.1) is 0 Å². The number of phenols is 3. The molecular weight excluding hydrogens is 693 g/mol. The van der Waals surface area contributed by atoms with Crippen molar-refractivity contribution in [3.8, 4) is 34.1 Å². The lowest BCUT2D eigenvalue weighted by Gasteiger charge is -2.32. The first-order valence-corrected chi connectivity index (χ1v) is 21.1. The highest BCUT2D eigenvalue weighted by molar-refractivity contribution is 8.76. The maximum absolute atomic E-state index is 13.9. The summed E-state index contributed by atoms with van der Waals surface area (Å²) in [6, 6.07) is 19.0. The van der Waals surface area contributed by atoms with E-state index in [0.717, 1.165) is 82.0 Å². The number of Topliss-reactive ketones (excluding diaryl/α,β-unsaturated/α-hetero) is 1. The smallest absolute Gasteiger partial charge is 0.168 e. The van der Waals surface area contributed by atoms with Crippen LogP contribution in [0.15, 0.2) is 60.7 Å². The highest BCUT2D eigenvalue weighted by Gasteiger charge is 2.26. The van der Waals surface area contributed by atoms with Crippen LogP contribution < -0.4 is 15.4 Å². The second-order valence-corrected chi connectivity index (χ2v) is 16.7. The van der Waals surface area contributed by atoms with Crippen molar-refractivity contribution >= 4 is 38.1 Å². The van der Waals surface area contributed by atoms with E-state index in [9.17, 15) is 20.1 Å². The summed E-state index contributed by atoms with van der Waals surface area (Å²) in [5, 5.41) is 41.0. The average molecular weight is 745 g/mol. The Morgan fingerprint density at radius 3 is 2.48 bits per heavy atom. The number of hydrogen-bond acceptors (Lipinski definition) is 10. The Labute approximate surface area is 315 Å². The van der Waals surface area contributed by atoms with Crippen molar-refractivity contribution in [3.63, 3.8) is 0 Å². The second-order valence-electron chi connectivity index (χ2n) is 14.1. The Balaban J connectivity index is 1.30. The third-order valence-electron chi connectivity index (χ3n) is 10.2. The topological polar surface area (TPSA) is 120 Å². The number of aryl methyl sites for hydroxylation is 1. The van der Waals surface area contributed by atoms with Crippen LogP contribution in [0.5, 0.6) is 23.0 Å². The van der Waals surface area contributed by atoms with Gasteiger partial charge in [0, 0.05) is 42.5 Å². The van der Waals surface area contributed by atoms with E-state index in [1.807, 2.05) is 42.1 Å². The zero-order valence-corrected chi connectivity index (χ0v) is 31.9. The Bertz CT molecular complexity index is 1830. The summed E-state index contributed by atoms with van der Waals surface area (Å²) in [6.45, 7) is 0.627. The molecular formula is C42H52N2O6S2. The number of aromatic hydroxyl groups is 3. The minimum Gasteiger partial charge on any atom is -0.508 e. The number of fused-ring (bicyclic) bond motifs is 5. The largest absolute Gasteiger partial charge is 0.508 e. The summed E-state index contributed by atoms with van der Waals surface area (Å²) in [4.78, 5) is 13.9. The van der Waals surface area contributed by atoms with Crippen molar-refractivity contribution in [2.45, 2.75) is 101 Å². The zero-order valence-electron chi connectivity index (χ0n) is 30.3. The molecule has 0 spiro atoms. The van der Waals surface area contributed by atoms with Gasteiger partial charge in [0.1, 0.15) is 23.5 Å². The molecule has 8 nitrogen and oxygen atoms in total. The molecule has 5 N–H and O–H groups in total. The summed E-state index contributed by atoms with van der Waals surface area (Å²) < 4.78 is 12.7. The maximum atomic E-state index is 13.9. The standard InChI is InChI=1S/C42H52N2O6S2/c1-43-25-27-20-30(22-34(47)21-27)42(44-31-8-4-3-5-9-31)50-35-10-6-7-19-51-52-26-38-36(17-13-28-11-15-33(46)24-37(28)38)40-29(12-16-32(45)23-35)14-18-39(48)41(40)49-2/h11,13-15,17-18,20-22,24,31,35,42-44,46-48H,3-10,12,16,19,23,25-26H2,1-2H3. The molecule has 0 bridgehead atoms. The summed E-state index contributed by atoms with van der Waals surface area (Å²) >= 11 is 0. The van der Waals surface area contributed by atoms with Gasteiger partial charge in [0.25, 0.3) is 0 Å². The fraction of sp³-hybridized carbons (Fsp3) is 0.452. The first-order chi connectivity index (χ1) is 25.3. The average Bonchev–Trinajstić information content (AvgIpc) is 3.13. The van der Waals surface area contributed by atoms with Crippen molar-refractivity contribution in [1.82, 2.24) is 10.6 Å². The third kappa shape index (κ3) is 9.76. The van der Waals surface area contributed by atoms with Gasteiger partial charge in [-0.3, -0.25) is 10.1 Å². The maximum Gasteiger partial charge on any atom is 0.168 e. The number of ether oxygens (including phenoxy) is 2. The van der Waals surface area contributed by atoms with Crippen molar-refractivity contribution in [2.24, 2.45) is 0 Å². The van der Waals surface area contributed by atoms with E-state index in [1.54, 1.807) is 42.2 Å². The van der Waals surface area contributed by atoms with Gasteiger partial charge in [-0.05, 0) is 108 Å². The van der Waals surface area contributed by atoms with E-state index in [2.05, 4.69) is 22.8 Å². The monoisotopic (exact) mass is 744 g/mol. The first kappa shape index (κ1) is 38.3. The van der Waals surface area contributed by atoms with Crippen molar-refractivity contribution in [1.29, 1.82) is 0 Å². The molecule has 52 heavy (non-hydrogen) atoms. The number of rotatable bonds is 8. The highest BCUT2D eigenvalue weighted by atomic mass is 33.1. The van der Waals surface area contributed by atoms with Crippen LogP contribution >= 0.6 is 21.6 Å². The molecule has 278 valence electrons. The zero-order chi connectivity index (χ0) is 36.5. The number of hydrogen-bond donors (Lipinski definition) is 5. The number of benzene rings is 4. The summed E-state index contributed by atoms with van der Waals surface area (Å²) in [6.07, 6.45) is 8.78. The molecule has 10 heteroatoms. The van der Waals surface area contributed by atoms with E-state index in [-0.39, 0.29) is 35.6 Å². The molecule has 2 unspecified atom stereocenters. The Morgan fingerprint density at radius 1 is 0.865 bits per heavy atom. The first-order valence-electron chi connectivity index (χ1n) is 18.6. The van der Waals surface area contributed by atoms with E-state index in [0.29, 0.717) is 36.9 Å². The summed E-state index contributed by atoms with van der Waals surface area (Å²) in [7, 11) is 7.06. The predicted molar refractivity (Wildman–Crippen MR) is 213 cm³/mol.